The number of benzene rings is 3. The predicted molar refractivity (Wildman–Crippen MR) is 163 cm³/mol. The highest BCUT2D eigenvalue weighted by atomic mass is 16.6. The van der Waals surface area contributed by atoms with Gasteiger partial charge in [0.05, 0.1) is 0 Å². The number of anilines is 1. The number of nitrogens with zero attached hydrogens (tertiary/aromatic N) is 1. The summed E-state index contributed by atoms with van der Waals surface area (Å²) in [6, 6.07) is 17.8. The second-order valence-electron chi connectivity index (χ2n) is 12.1. The van der Waals surface area contributed by atoms with E-state index in [1.165, 1.54) is 12.1 Å². The average Bonchev–Trinajstić information content (AvgIpc) is 3.74. The number of hydrogen-bond donors (Lipinski definition) is 3. The molecule has 0 heterocycles. The Labute approximate surface area is 248 Å². The highest BCUT2D eigenvalue weighted by molar-refractivity contribution is 6.00. The normalized spacial score (nSPS) is 14.4. The van der Waals surface area contributed by atoms with Gasteiger partial charge in [0, 0.05) is 18.2 Å². The summed E-state index contributed by atoms with van der Waals surface area (Å²) in [6.07, 6.45) is 0.940. The molecule has 0 aromatic heterocycles. The van der Waals surface area contributed by atoms with Gasteiger partial charge in [0.1, 0.15) is 23.4 Å². The summed E-state index contributed by atoms with van der Waals surface area (Å²) >= 11 is 0. The Kier molecular flexibility index (Phi) is 9.24. The lowest BCUT2D eigenvalue weighted by Gasteiger charge is -2.35. The number of amides is 3. The van der Waals surface area contributed by atoms with Crippen LogP contribution in [0.4, 0.5) is 10.5 Å². The Hall–Kier alpha value is -4.33. The molecule has 1 aliphatic carbocycles. The Balaban J connectivity index is 1.75. The first-order valence-corrected chi connectivity index (χ1v) is 14.4. The minimum atomic E-state index is -1.01. The zero-order valence-corrected chi connectivity index (χ0v) is 25.2. The van der Waals surface area contributed by atoms with Crippen molar-refractivity contribution in [2.75, 3.05) is 5.32 Å². The minimum absolute atomic E-state index is 0.101. The van der Waals surface area contributed by atoms with Crippen molar-refractivity contribution in [1.29, 1.82) is 0 Å². The maximum Gasteiger partial charge on any atom is 0.408 e. The number of phenolic OH excluding ortho intramolecular Hbond substituents is 1. The summed E-state index contributed by atoms with van der Waals surface area (Å²) in [5.41, 5.74) is 4.24. The zero-order chi connectivity index (χ0) is 30.6. The number of hydrogen-bond acceptors (Lipinski definition) is 5. The summed E-state index contributed by atoms with van der Waals surface area (Å²) in [6.45, 7) is 11.1. The van der Waals surface area contributed by atoms with Gasteiger partial charge in [0.2, 0.25) is 5.91 Å². The van der Waals surface area contributed by atoms with Gasteiger partial charge in [-0.2, -0.15) is 0 Å². The number of aromatic hydroxyl groups is 1. The molecule has 8 nitrogen and oxygen atoms in total. The number of ether oxygens (including phenoxy) is 1. The van der Waals surface area contributed by atoms with E-state index in [1.807, 2.05) is 63.2 Å². The predicted octanol–water partition coefficient (Wildman–Crippen LogP) is 6.12. The van der Waals surface area contributed by atoms with E-state index in [4.69, 9.17) is 4.74 Å². The van der Waals surface area contributed by atoms with Crippen LogP contribution in [0.5, 0.6) is 5.75 Å². The van der Waals surface area contributed by atoms with Gasteiger partial charge in [0.15, 0.2) is 0 Å². The lowest BCUT2D eigenvalue weighted by Crippen LogP contribution is -2.54. The minimum Gasteiger partial charge on any atom is -0.508 e. The van der Waals surface area contributed by atoms with Gasteiger partial charge >= 0.3 is 6.09 Å². The van der Waals surface area contributed by atoms with Crippen LogP contribution in [0.1, 0.15) is 67.5 Å². The van der Waals surface area contributed by atoms with Crippen LogP contribution in [-0.4, -0.2) is 45.6 Å². The number of carbonyl (C=O) groups is 3. The molecule has 1 aliphatic rings. The molecule has 0 bridgehead atoms. The van der Waals surface area contributed by atoms with Crippen LogP contribution in [-0.2, 0) is 20.7 Å². The smallest absolute Gasteiger partial charge is 0.408 e. The molecule has 3 aromatic rings. The van der Waals surface area contributed by atoms with Gasteiger partial charge in [-0.1, -0.05) is 54.1 Å². The number of rotatable bonds is 9. The van der Waals surface area contributed by atoms with Gasteiger partial charge in [0.25, 0.3) is 5.91 Å². The molecular formula is C34H41N3O5. The molecule has 0 aliphatic heterocycles. The van der Waals surface area contributed by atoms with Crippen LogP contribution in [0.3, 0.4) is 0 Å². The van der Waals surface area contributed by atoms with Gasteiger partial charge in [-0.05, 0) is 94.8 Å². The first-order chi connectivity index (χ1) is 19.8. The van der Waals surface area contributed by atoms with Crippen LogP contribution in [0.15, 0.2) is 66.7 Å². The molecule has 8 heteroatoms. The van der Waals surface area contributed by atoms with Crippen LogP contribution < -0.4 is 10.6 Å². The molecule has 3 amide bonds. The highest BCUT2D eigenvalue weighted by Gasteiger charge is 2.44. The molecule has 1 saturated carbocycles. The van der Waals surface area contributed by atoms with Crippen LogP contribution in [0, 0.1) is 20.8 Å². The Morgan fingerprint density at radius 2 is 1.62 bits per heavy atom. The fourth-order valence-corrected chi connectivity index (χ4v) is 5.03. The molecule has 42 heavy (non-hydrogen) atoms. The zero-order valence-electron chi connectivity index (χ0n) is 25.2. The van der Waals surface area contributed by atoms with Crippen molar-refractivity contribution in [2.24, 2.45) is 0 Å². The van der Waals surface area contributed by atoms with Gasteiger partial charge in [-0.3, -0.25) is 9.59 Å². The molecule has 0 spiro atoms. The van der Waals surface area contributed by atoms with E-state index in [0.29, 0.717) is 5.69 Å². The third kappa shape index (κ3) is 7.90. The largest absolute Gasteiger partial charge is 0.508 e. The van der Waals surface area contributed by atoms with Crippen molar-refractivity contribution in [3.8, 4) is 5.75 Å². The van der Waals surface area contributed by atoms with E-state index in [-0.39, 0.29) is 30.0 Å². The van der Waals surface area contributed by atoms with Crippen LogP contribution in [0.25, 0.3) is 0 Å². The maximum atomic E-state index is 14.5. The number of aryl methyl sites for hydroxylation is 3. The van der Waals surface area contributed by atoms with Crippen LogP contribution in [0.2, 0.25) is 0 Å². The van der Waals surface area contributed by atoms with Crippen molar-refractivity contribution >= 4 is 23.6 Å². The third-order valence-electron chi connectivity index (χ3n) is 7.21. The molecule has 2 unspecified atom stereocenters. The van der Waals surface area contributed by atoms with Crippen molar-refractivity contribution in [1.82, 2.24) is 10.2 Å². The summed E-state index contributed by atoms with van der Waals surface area (Å²) in [5.74, 6) is -0.595. The molecule has 4 rings (SSSR count). The Bertz CT molecular complexity index is 1440. The highest BCUT2D eigenvalue weighted by Crippen LogP contribution is 2.37. The van der Waals surface area contributed by atoms with E-state index in [0.717, 1.165) is 40.7 Å². The second-order valence-corrected chi connectivity index (χ2v) is 12.1. The number of carbonyl (C=O) groups excluding carboxylic acids is 3. The first kappa shape index (κ1) is 30.6. The average molecular weight is 572 g/mol. The molecular weight excluding hydrogens is 530 g/mol. The number of nitrogens with one attached hydrogen (secondary N) is 2. The van der Waals surface area contributed by atoms with Gasteiger partial charge in [-0.25, -0.2) is 4.79 Å². The maximum absolute atomic E-state index is 14.5. The standard InChI is InChI=1S/C34H41N3O5/c1-21-11-18-27(23(3)19-21)30(31(39)35-28-10-8-7-9-22(28)2)37(25-14-15-25)32(40)29(36-33(41)42-34(4,5)6)20-24-12-16-26(38)17-13-24/h7-13,16-19,25,29-30,38H,14-15,20H2,1-6H3,(H,35,39)(H,36,41). The topological polar surface area (TPSA) is 108 Å². The van der Waals surface area contributed by atoms with Gasteiger partial charge in [-0.15, -0.1) is 0 Å². The van der Waals surface area contributed by atoms with E-state index in [2.05, 4.69) is 10.6 Å². The lowest BCUT2D eigenvalue weighted by atomic mass is 9.95. The fourth-order valence-electron chi connectivity index (χ4n) is 5.03. The van der Waals surface area contributed by atoms with Crippen molar-refractivity contribution in [3.63, 3.8) is 0 Å². The molecule has 222 valence electrons. The van der Waals surface area contributed by atoms with E-state index in [9.17, 15) is 19.5 Å². The number of para-hydroxylation sites is 1. The van der Waals surface area contributed by atoms with Crippen molar-refractivity contribution < 1.29 is 24.2 Å². The number of alkyl carbamates (subject to hydrolysis) is 1. The summed E-state index contributed by atoms with van der Waals surface area (Å²) in [4.78, 5) is 43.3. The molecule has 0 saturated heterocycles. The first-order valence-electron chi connectivity index (χ1n) is 14.4. The quantitative estimate of drug-likeness (QED) is 0.287. The number of phenols is 1. The van der Waals surface area contributed by atoms with E-state index >= 15 is 0 Å². The third-order valence-corrected chi connectivity index (χ3v) is 7.21. The summed E-state index contributed by atoms with van der Waals surface area (Å²) in [7, 11) is 0. The second kappa shape index (κ2) is 12.7. The van der Waals surface area contributed by atoms with E-state index < -0.39 is 23.8 Å². The fraction of sp³-hybridized carbons (Fsp3) is 0.382. The lowest BCUT2D eigenvalue weighted by molar-refractivity contribution is -0.141. The molecule has 3 aromatic carbocycles. The van der Waals surface area contributed by atoms with Crippen molar-refractivity contribution in [3.05, 3.63) is 94.5 Å². The molecule has 2 atom stereocenters. The van der Waals surface area contributed by atoms with E-state index in [1.54, 1.807) is 37.8 Å². The molecule has 1 fully saturated rings. The SMILES string of the molecule is Cc1ccc(C(C(=O)Nc2ccccc2C)N(C(=O)C(Cc2ccc(O)cc2)NC(=O)OC(C)(C)C)C2CC2)c(C)c1. The van der Waals surface area contributed by atoms with Crippen LogP contribution >= 0.6 is 0 Å². The Morgan fingerprint density at radius 3 is 2.21 bits per heavy atom. The monoisotopic (exact) mass is 571 g/mol. The molecule has 0 radical (unpaired) electrons. The van der Waals surface area contributed by atoms with Gasteiger partial charge < -0.3 is 25.4 Å². The summed E-state index contributed by atoms with van der Waals surface area (Å²) in [5, 5.41) is 15.6. The van der Waals surface area contributed by atoms with Crippen molar-refractivity contribution in [2.45, 2.75) is 84.5 Å². The molecule has 3 N–H and O–H groups in total. The summed E-state index contributed by atoms with van der Waals surface area (Å²) < 4.78 is 5.51. The Morgan fingerprint density at radius 1 is 0.952 bits per heavy atom.